The van der Waals surface area contributed by atoms with Gasteiger partial charge in [-0.2, -0.15) is 13.2 Å². The molecule has 0 saturated carbocycles. The van der Waals surface area contributed by atoms with Crippen LogP contribution in [0.1, 0.15) is 21.6 Å². The maximum Gasteiger partial charge on any atom is 0.416 e. The number of rotatable bonds is 5. The van der Waals surface area contributed by atoms with E-state index in [1.807, 2.05) is 0 Å². The molecule has 0 bridgehead atoms. The van der Waals surface area contributed by atoms with E-state index in [1.165, 1.54) is 23.5 Å². The van der Waals surface area contributed by atoms with Crippen LogP contribution >= 0.6 is 11.3 Å². The zero-order chi connectivity index (χ0) is 20.4. The second-order valence-electron chi connectivity index (χ2n) is 6.11. The summed E-state index contributed by atoms with van der Waals surface area (Å²) in [6, 6.07) is 10.1. The molecule has 0 aliphatic carbocycles. The summed E-state index contributed by atoms with van der Waals surface area (Å²) in [5.74, 6) is 0.798. The Balaban J connectivity index is 1.37. The SMILES string of the molecule is O=C(NCc1cccc(C(F)(F)F)c1)c1csc(Nc2ccc3c(c2)OCO3)n1. The van der Waals surface area contributed by atoms with Crippen LogP contribution in [-0.2, 0) is 12.7 Å². The molecule has 0 radical (unpaired) electrons. The van der Waals surface area contributed by atoms with E-state index in [0.29, 0.717) is 22.2 Å². The van der Waals surface area contributed by atoms with E-state index in [-0.39, 0.29) is 19.0 Å². The van der Waals surface area contributed by atoms with Crippen molar-refractivity contribution in [3.63, 3.8) is 0 Å². The minimum Gasteiger partial charge on any atom is -0.454 e. The predicted octanol–water partition coefficient (Wildman–Crippen LogP) is 4.56. The largest absolute Gasteiger partial charge is 0.454 e. The molecular formula is C19H14F3N3O3S. The summed E-state index contributed by atoms with van der Waals surface area (Å²) in [4.78, 5) is 16.5. The lowest BCUT2D eigenvalue weighted by molar-refractivity contribution is -0.137. The van der Waals surface area contributed by atoms with Crippen molar-refractivity contribution in [3.8, 4) is 11.5 Å². The van der Waals surface area contributed by atoms with Gasteiger partial charge in [0, 0.05) is 23.7 Å². The minimum absolute atomic E-state index is 0.0365. The fourth-order valence-electron chi connectivity index (χ4n) is 2.66. The van der Waals surface area contributed by atoms with Crippen molar-refractivity contribution in [2.75, 3.05) is 12.1 Å². The first-order valence-corrected chi connectivity index (χ1v) is 9.33. The van der Waals surface area contributed by atoms with Gasteiger partial charge in [-0.15, -0.1) is 11.3 Å². The highest BCUT2D eigenvalue weighted by Crippen LogP contribution is 2.35. The van der Waals surface area contributed by atoms with Gasteiger partial charge in [-0.05, 0) is 29.8 Å². The number of fused-ring (bicyclic) bond motifs is 1. The number of hydrogen-bond donors (Lipinski definition) is 2. The molecule has 2 aromatic carbocycles. The molecule has 1 aliphatic heterocycles. The van der Waals surface area contributed by atoms with Gasteiger partial charge >= 0.3 is 6.18 Å². The predicted molar refractivity (Wildman–Crippen MR) is 101 cm³/mol. The number of carbonyl (C=O) groups is 1. The molecule has 4 rings (SSSR count). The molecule has 1 aromatic heterocycles. The number of hydrogen-bond acceptors (Lipinski definition) is 6. The van der Waals surface area contributed by atoms with Crippen molar-refractivity contribution in [3.05, 3.63) is 64.7 Å². The number of alkyl halides is 3. The number of anilines is 2. The number of halogens is 3. The Hall–Kier alpha value is -3.27. The van der Waals surface area contributed by atoms with Crippen LogP contribution in [0.4, 0.5) is 24.0 Å². The van der Waals surface area contributed by atoms with Gasteiger partial charge in [0.05, 0.1) is 5.56 Å². The van der Waals surface area contributed by atoms with Gasteiger partial charge in [-0.3, -0.25) is 4.79 Å². The lowest BCUT2D eigenvalue weighted by Crippen LogP contribution is -2.23. The van der Waals surface area contributed by atoms with Crippen molar-refractivity contribution < 1.29 is 27.4 Å². The lowest BCUT2D eigenvalue weighted by Gasteiger charge is -2.09. The summed E-state index contributed by atoms with van der Waals surface area (Å²) in [6.07, 6.45) is -4.43. The number of thiazole rings is 1. The Morgan fingerprint density at radius 3 is 2.79 bits per heavy atom. The topological polar surface area (TPSA) is 72.5 Å². The molecule has 3 aromatic rings. The zero-order valence-corrected chi connectivity index (χ0v) is 15.6. The van der Waals surface area contributed by atoms with Crippen LogP contribution in [0.15, 0.2) is 47.8 Å². The van der Waals surface area contributed by atoms with E-state index in [9.17, 15) is 18.0 Å². The highest BCUT2D eigenvalue weighted by Gasteiger charge is 2.30. The minimum atomic E-state index is -4.43. The Bertz CT molecular complexity index is 1050. The summed E-state index contributed by atoms with van der Waals surface area (Å²) >= 11 is 1.23. The lowest BCUT2D eigenvalue weighted by atomic mass is 10.1. The Kier molecular flexibility index (Phi) is 5.01. The molecule has 0 unspecified atom stereocenters. The highest BCUT2D eigenvalue weighted by molar-refractivity contribution is 7.14. The van der Waals surface area contributed by atoms with Crippen molar-refractivity contribution >= 4 is 28.1 Å². The van der Waals surface area contributed by atoms with Crippen LogP contribution in [0.3, 0.4) is 0 Å². The third kappa shape index (κ3) is 4.43. The van der Waals surface area contributed by atoms with Crippen molar-refractivity contribution in [2.24, 2.45) is 0 Å². The van der Waals surface area contributed by atoms with E-state index in [4.69, 9.17) is 9.47 Å². The smallest absolute Gasteiger partial charge is 0.416 e. The average molecular weight is 421 g/mol. The van der Waals surface area contributed by atoms with E-state index in [0.717, 1.165) is 17.8 Å². The molecule has 0 atom stereocenters. The monoisotopic (exact) mass is 421 g/mol. The summed E-state index contributed by atoms with van der Waals surface area (Å²) in [5.41, 5.74) is 0.486. The van der Waals surface area contributed by atoms with Crippen LogP contribution in [0, 0.1) is 0 Å². The molecule has 2 N–H and O–H groups in total. The maximum atomic E-state index is 12.8. The molecule has 1 amide bonds. The van der Waals surface area contributed by atoms with Gasteiger partial charge in [-0.25, -0.2) is 4.98 Å². The molecule has 6 nitrogen and oxygen atoms in total. The Morgan fingerprint density at radius 2 is 1.97 bits per heavy atom. The number of ether oxygens (including phenoxy) is 2. The fraction of sp³-hybridized carbons (Fsp3) is 0.158. The number of carbonyl (C=O) groups excluding carboxylic acids is 1. The third-order valence-corrected chi connectivity index (χ3v) is 4.83. The first kappa shape index (κ1) is 19.1. The van der Waals surface area contributed by atoms with Crippen molar-refractivity contribution in [1.82, 2.24) is 10.3 Å². The molecule has 0 fully saturated rings. The molecular weight excluding hydrogens is 407 g/mol. The number of nitrogens with zero attached hydrogens (tertiary/aromatic N) is 1. The van der Waals surface area contributed by atoms with E-state index in [1.54, 1.807) is 23.6 Å². The molecule has 0 saturated heterocycles. The average Bonchev–Trinajstić information content (AvgIpc) is 3.35. The van der Waals surface area contributed by atoms with Crippen molar-refractivity contribution in [2.45, 2.75) is 12.7 Å². The summed E-state index contributed by atoms with van der Waals surface area (Å²) in [5, 5.41) is 7.71. The van der Waals surface area contributed by atoms with Gasteiger partial charge in [-0.1, -0.05) is 12.1 Å². The molecule has 150 valence electrons. The van der Waals surface area contributed by atoms with Gasteiger partial charge in [0.25, 0.3) is 5.91 Å². The first-order valence-electron chi connectivity index (χ1n) is 8.45. The molecule has 1 aliphatic rings. The number of benzene rings is 2. The highest BCUT2D eigenvalue weighted by atomic mass is 32.1. The number of aromatic nitrogens is 1. The molecule has 10 heteroatoms. The van der Waals surface area contributed by atoms with Gasteiger partial charge < -0.3 is 20.1 Å². The summed E-state index contributed by atoms with van der Waals surface area (Å²) < 4.78 is 48.9. The Morgan fingerprint density at radius 1 is 1.14 bits per heavy atom. The van der Waals surface area contributed by atoms with E-state index in [2.05, 4.69) is 15.6 Å². The Labute approximate surface area is 167 Å². The standard InChI is InChI=1S/C19H14F3N3O3S/c20-19(21,22)12-3-1-2-11(6-12)8-23-17(26)14-9-29-18(25-14)24-13-4-5-15-16(7-13)28-10-27-15/h1-7,9H,8,10H2,(H,23,26)(H,24,25). The quantitative estimate of drug-likeness (QED) is 0.632. The molecule has 29 heavy (non-hydrogen) atoms. The first-order chi connectivity index (χ1) is 13.9. The van der Waals surface area contributed by atoms with E-state index < -0.39 is 17.6 Å². The normalized spacial score (nSPS) is 12.7. The molecule has 2 heterocycles. The number of amides is 1. The fourth-order valence-corrected chi connectivity index (χ4v) is 3.37. The van der Waals surface area contributed by atoms with Gasteiger partial charge in [0.15, 0.2) is 16.6 Å². The summed E-state index contributed by atoms with van der Waals surface area (Å²) in [7, 11) is 0. The van der Waals surface area contributed by atoms with Crippen LogP contribution in [0.25, 0.3) is 0 Å². The maximum absolute atomic E-state index is 12.8. The number of nitrogens with one attached hydrogen (secondary N) is 2. The zero-order valence-electron chi connectivity index (χ0n) is 14.7. The van der Waals surface area contributed by atoms with Crippen LogP contribution in [0.2, 0.25) is 0 Å². The van der Waals surface area contributed by atoms with Crippen LogP contribution < -0.4 is 20.1 Å². The second-order valence-corrected chi connectivity index (χ2v) is 6.97. The van der Waals surface area contributed by atoms with Gasteiger partial charge in [0.1, 0.15) is 5.69 Å². The van der Waals surface area contributed by atoms with Crippen LogP contribution in [-0.4, -0.2) is 17.7 Å². The third-order valence-electron chi connectivity index (χ3n) is 4.07. The second kappa shape index (κ2) is 7.63. The van der Waals surface area contributed by atoms with Crippen LogP contribution in [0.5, 0.6) is 11.5 Å². The van der Waals surface area contributed by atoms with E-state index >= 15 is 0 Å². The van der Waals surface area contributed by atoms with Crippen molar-refractivity contribution in [1.29, 1.82) is 0 Å². The van der Waals surface area contributed by atoms with Gasteiger partial charge in [0.2, 0.25) is 6.79 Å². The molecule has 0 spiro atoms. The summed E-state index contributed by atoms with van der Waals surface area (Å²) in [6.45, 7) is 0.136.